The van der Waals surface area contributed by atoms with Crippen molar-refractivity contribution in [3.8, 4) is 0 Å². The number of aromatic nitrogens is 3. The number of fused-ring (bicyclic) bond motifs is 1. The summed E-state index contributed by atoms with van der Waals surface area (Å²) in [7, 11) is 0. The van der Waals surface area contributed by atoms with Gasteiger partial charge < -0.3 is 10.1 Å². The Balaban J connectivity index is 2.53. The van der Waals surface area contributed by atoms with Gasteiger partial charge in [-0.3, -0.25) is 0 Å². The van der Waals surface area contributed by atoms with Gasteiger partial charge in [0.25, 0.3) is 0 Å². The molecule has 0 aliphatic carbocycles. The maximum Gasteiger partial charge on any atom is 0.142 e. The van der Waals surface area contributed by atoms with Gasteiger partial charge in [-0.1, -0.05) is 11.6 Å². The van der Waals surface area contributed by atoms with E-state index in [9.17, 15) is 5.11 Å². The summed E-state index contributed by atoms with van der Waals surface area (Å²) >= 11 is 5.98. The van der Waals surface area contributed by atoms with Gasteiger partial charge in [0.2, 0.25) is 0 Å². The lowest BCUT2D eigenvalue weighted by atomic mass is 9.99. The highest BCUT2D eigenvalue weighted by Crippen LogP contribution is 2.25. The molecule has 2 N–H and O–H groups in total. The zero-order valence-electron chi connectivity index (χ0n) is 8.58. The fourth-order valence-electron chi connectivity index (χ4n) is 1.59. The van der Waals surface area contributed by atoms with Crippen LogP contribution in [-0.4, -0.2) is 25.7 Å². The third-order valence-electron chi connectivity index (χ3n) is 2.13. The first-order valence-corrected chi connectivity index (χ1v) is 5.04. The molecule has 4 nitrogen and oxygen atoms in total. The first kappa shape index (κ1) is 10.4. The van der Waals surface area contributed by atoms with E-state index < -0.39 is 5.60 Å². The molecule has 0 aliphatic heterocycles. The second-order valence-electron chi connectivity index (χ2n) is 4.19. The van der Waals surface area contributed by atoms with Crippen LogP contribution < -0.4 is 0 Å². The molecule has 0 saturated carbocycles. The van der Waals surface area contributed by atoms with Gasteiger partial charge in [0.05, 0.1) is 11.0 Å². The van der Waals surface area contributed by atoms with Crippen LogP contribution in [0.1, 0.15) is 19.4 Å². The third kappa shape index (κ3) is 2.11. The van der Waals surface area contributed by atoms with Gasteiger partial charge in [-0.15, -0.1) is 0 Å². The van der Waals surface area contributed by atoms with Gasteiger partial charge >= 0.3 is 0 Å². The van der Waals surface area contributed by atoms with Crippen molar-refractivity contribution in [1.82, 2.24) is 15.0 Å². The van der Waals surface area contributed by atoms with Crippen LogP contribution in [0.3, 0.4) is 0 Å². The Labute approximate surface area is 92.3 Å². The standard InChI is InChI=1S/C10H12ClN3O/c1-10(2,15)3-6-4-12-9-7(6)8(11)13-5-14-9/h4-5,15H,3H2,1-2H3,(H,12,13,14). The summed E-state index contributed by atoms with van der Waals surface area (Å²) in [6, 6.07) is 0. The maximum absolute atomic E-state index is 9.74. The Hall–Kier alpha value is -1.13. The topological polar surface area (TPSA) is 61.8 Å². The Kier molecular flexibility index (Phi) is 2.40. The molecule has 80 valence electrons. The van der Waals surface area contributed by atoms with Crippen molar-refractivity contribution in [2.45, 2.75) is 25.9 Å². The van der Waals surface area contributed by atoms with Crippen molar-refractivity contribution in [1.29, 1.82) is 0 Å². The normalized spacial score (nSPS) is 12.3. The van der Waals surface area contributed by atoms with Crippen molar-refractivity contribution < 1.29 is 5.11 Å². The van der Waals surface area contributed by atoms with Crippen LogP contribution in [0.5, 0.6) is 0 Å². The number of H-pyrrole nitrogens is 1. The second-order valence-corrected chi connectivity index (χ2v) is 4.55. The molecule has 0 saturated heterocycles. The summed E-state index contributed by atoms with van der Waals surface area (Å²) in [5.74, 6) is 0. The van der Waals surface area contributed by atoms with E-state index >= 15 is 0 Å². The van der Waals surface area contributed by atoms with E-state index in [0.29, 0.717) is 17.2 Å². The molecule has 2 aromatic rings. The fraction of sp³-hybridized carbons (Fsp3) is 0.400. The number of hydrogen-bond acceptors (Lipinski definition) is 3. The Morgan fingerprint density at radius 1 is 1.47 bits per heavy atom. The van der Waals surface area contributed by atoms with Crippen molar-refractivity contribution >= 4 is 22.6 Å². The summed E-state index contributed by atoms with van der Waals surface area (Å²) in [6.07, 6.45) is 3.73. The lowest BCUT2D eigenvalue weighted by molar-refractivity contribution is 0.0813. The summed E-state index contributed by atoms with van der Waals surface area (Å²) in [5.41, 5.74) is 0.867. The minimum absolute atomic E-state index is 0.417. The predicted molar refractivity (Wildman–Crippen MR) is 58.9 cm³/mol. The lowest BCUT2D eigenvalue weighted by Crippen LogP contribution is -2.21. The number of halogens is 1. The van der Waals surface area contributed by atoms with Crippen molar-refractivity contribution in [3.05, 3.63) is 23.2 Å². The third-order valence-corrected chi connectivity index (χ3v) is 2.41. The van der Waals surface area contributed by atoms with E-state index in [0.717, 1.165) is 10.9 Å². The molecule has 0 fully saturated rings. The zero-order valence-corrected chi connectivity index (χ0v) is 9.34. The van der Waals surface area contributed by atoms with Crippen LogP contribution in [0.4, 0.5) is 0 Å². The molecular weight excluding hydrogens is 214 g/mol. The highest BCUT2D eigenvalue weighted by Gasteiger charge is 2.18. The van der Waals surface area contributed by atoms with Gasteiger partial charge in [0.1, 0.15) is 17.1 Å². The highest BCUT2D eigenvalue weighted by molar-refractivity contribution is 6.34. The van der Waals surface area contributed by atoms with Crippen molar-refractivity contribution in [2.24, 2.45) is 0 Å². The fourth-order valence-corrected chi connectivity index (χ4v) is 1.85. The van der Waals surface area contributed by atoms with Gasteiger partial charge in [-0.05, 0) is 19.4 Å². The molecule has 15 heavy (non-hydrogen) atoms. The number of aromatic amines is 1. The molecule has 2 aromatic heterocycles. The Bertz CT molecular complexity index is 487. The van der Waals surface area contributed by atoms with Crippen LogP contribution in [0, 0.1) is 0 Å². The Morgan fingerprint density at radius 3 is 2.87 bits per heavy atom. The average molecular weight is 226 g/mol. The largest absolute Gasteiger partial charge is 0.390 e. The number of nitrogens with zero attached hydrogens (tertiary/aromatic N) is 2. The minimum atomic E-state index is -0.770. The van der Waals surface area contributed by atoms with Gasteiger partial charge in [0, 0.05) is 12.6 Å². The quantitative estimate of drug-likeness (QED) is 0.768. The summed E-state index contributed by atoms with van der Waals surface area (Å²) < 4.78 is 0. The SMILES string of the molecule is CC(C)(O)Cc1c[nH]c2ncnc(Cl)c12. The lowest BCUT2D eigenvalue weighted by Gasteiger charge is -2.15. The molecule has 2 rings (SSSR count). The summed E-state index contributed by atoms with van der Waals surface area (Å²) in [4.78, 5) is 11.0. The summed E-state index contributed by atoms with van der Waals surface area (Å²) in [5, 5.41) is 11.0. The molecule has 0 atom stereocenters. The molecule has 0 radical (unpaired) electrons. The molecule has 0 bridgehead atoms. The predicted octanol–water partition coefficient (Wildman–Crippen LogP) is 1.92. The molecule has 0 aliphatic rings. The van der Waals surface area contributed by atoms with E-state index in [-0.39, 0.29) is 0 Å². The van der Waals surface area contributed by atoms with Crippen LogP contribution >= 0.6 is 11.6 Å². The zero-order chi connectivity index (χ0) is 11.1. The van der Waals surface area contributed by atoms with E-state index in [4.69, 9.17) is 11.6 Å². The van der Waals surface area contributed by atoms with Crippen LogP contribution in [0.15, 0.2) is 12.5 Å². The molecule has 2 heterocycles. The Morgan fingerprint density at radius 2 is 2.20 bits per heavy atom. The average Bonchev–Trinajstić information content (AvgIpc) is 2.47. The smallest absolute Gasteiger partial charge is 0.142 e. The number of rotatable bonds is 2. The number of aliphatic hydroxyl groups is 1. The van der Waals surface area contributed by atoms with E-state index in [2.05, 4.69) is 15.0 Å². The van der Waals surface area contributed by atoms with Gasteiger partial charge in [-0.2, -0.15) is 0 Å². The van der Waals surface area contributed by atoms with Crippen molar-refractivity contribution in [2.75, 3.05) is 0 Å². The molecular formula is C10H12ClN3O. The van der Waals surface area contributed by atoms with Crippen molar-refractivity contribution in [3.63, 3.8) is 0 Å². The van der Waals surface area contributed by atoms with Crippen LogP contribution in [0.2, 0.25) is 5.15 Å². The van der Waals surface area contributed by atoms with E-state index in [1.165, 1.54) is 6.33 Å². The maximum atomic E-state index is 9.74. The molecule has 5 heteroatoms. The highest BCUT2D eigenvalue weighted by atomic mass is 35.5. The molecule has 0 unspecified atom stereocenters. The van der Waals surface area contributed by atoms with Crippen LogP contribution in [-0.2, 0) is 6.42 Å². The minimum Gasteiger partial charge on any atom is -0.390 e. The van der Waals surface area contributed by atoms with Crippen LogP contribution in [0.25, 0.3) is 11.0 Å². The van der Waals surface area contributed by atoms with Gasteiger partial charge in [0.15, 0.2) is 0 Å². The first-order chi connectivity index (χ1) is 6.97. The monoisotopic (exact) mass is 225 g/mol. The number of hydrogen-bond donors (Lipinski definition) is 2. The van der Waals surface area contributed by atoms with E-state index in [1.807, 2.05) is 6.20 Å². The summed E-state index contributed by atoms with van der Waals surface area (Å²) in [6.45, 7) is 3.51. The van der Waals surface area contributed by atoms with Gasteiger partial charge in [-0.25, -0.2) is 9.97 Å². The molecule has 0 aromatic carbocycles. The second kappa shape index (κ2) is 3.47. The molecule has 0 amide bonds. The van der Waals surface area contributed by atoms with E-state index in [1.54, 1.807) is 13.8 Å². The first-order valence-electron chi connectivity index (χ1n) is 4.66. The number of nitrogens with one attached hydrogen (secondary N) is 1. The molecule has 0 spiro atoms.